The van der Waals surface area contributed by atoms with Crippen LogP contribution in [-0.4, -0.2) is 35.1 Å². The topological polar surface area (TPSA) is 121 Å². The summed E-state index contributed by atoms with van der Waals surface area (Å²) < 4.78 is 5.22. The molecule has 0 aliphatic carbocycles. The van der Waals surface area contributed by atoms with Crippen LogP contribution < -0.4 is 10.1 Å². The summed E-state index contributed by atoms with van der Waals surface area (Å²) in [7, 11) is 0. The number of para-hydroxylation sites is 1. The number of hydrogen-bond donors (Lipinski definition) is 1. The Bertz CT molecular complexity index is 790. The van der Waals surface area contributed by atoms with Gasteiger partial charge in [0.15, 0.2) is 0 Å². The molecule has 0 atom stereocenters. The van der Waals surface area contributed by atoms with Gasteiger partial charge in [-0.2, -0.15) is 0 Å². The molecule has 1 heterocycles. The van der Waals surface area contributed by atoms with Crippen molar-refractivity contribution in [2.24, 2.45) is 0 Å². The molecule has 130 valence electrons. The van der Waals surface area contributed by atoms with Crippen LogP contribution in [0.4, 0.5) is 0 Å². The fourth-order valence-corrected chi connectivity index (χ4v) is 2.32. The molecule has 1 aromatic carbocycles. The molecule has 0 radical (unpaired) electrons. The van der Waals surface area contributed by atoms with Crippen molar-refractivity contribution in [3.8, 4) is 5.75 Å². The third-order valence-electron chi connectivity index (χ3n) is 2.91. The first kappa shape index (κ1) is 18.1. The Morgan fingerprint density at radius 1 is 1.36 bits per heavy atom. The van der Waals surface area contributed by atoms with Gasteiger partial charge < -0.3 is 14.9 Å². The lowest BCUT2D eigenvalue weighted by atomic mass is 10.2. The van der Waals surface area contributed by atoms with E-state index in [2.05, 4.69) is 21.7 Å². The molecule has 0 bridgehead atoms. The number of thiazole rings is 1. The van der Waals surface area contributed by atoms with Crippen LogP contribution >= 0.6 is 11.3 Å². The summed E-state index contributed by atoms with van der Waals surface area (Å²) in [6, 6.07) is 6.10. The number of ether oxygens (including phenoxy) is 1. The summed E-state index contributed by atoms with van der Waals surface area (Å²) in [5, 5.41) is 13.2. The average molecular weight is 363 g/mol. The molecule has 2 aromatic rings. The lowest BCUT2D eigenvalue weighted by Gasteiger charge is -2.10. The van der Waals surface area contributed by atoms with E-state index < -0.39 is 17.0 Å². The summed E-state index contributed by atoms with van der Waals surface area (Å²) >= 11 is 1.31. The molecule has 1 N–H and O–H groups in total. The van der Waals surface area contributed by atoms with Gasteiger partial charge in [-0.15, -0.1) is 21.5 Å². The molecule has 0 spiro atoms. The Labute approximate surface area is 146 Å². The van der Waals surface area contributed by atoms with Crippen LogP contribution in [0.5, 0.6) is 5.75 Å². The standard InChI is InChI=1S/C15H13N3O6S/c1-10(12-8-25-9-17-12)15(20)24-13-5-3-2-4-11(13)14(19)16-6-7-23-18(21)22/h2-5,8-9H,1,6-7H2,(H,16,19). The maximum atomic E-state index is 12.1. The molecule has 25 heavy (non-hydrogen) atoms. The Kier molecular flexibility index (Phi) is 6.18. The summed E-state index contributed by atoms with van der Waals surface area (Å²) in [5.74, 6) is -1.26. The van der Waals surface area contributed by atoms with E-state index >= 15 is 0 Å². The van der Waals surface area contributed by atoms with E-state index in [1.807, 2.05) is 0 Å². The van der Waals surface area contributed by atoms with Crippen molar-refractivity contribution in [2.75, 3.05) is 13.2 Å². The lowest BCUT2D eigenvalue weighted by Crippen LogP contribution is -2.28. The summed E-state index contributed by atoms with van der Waals surface area (Å²) in [6.45, 7) is 3.27. The Balaban J connectivity index is 2.02. The third-order valence-corrected chi connectivity index (χ3v) is 3.49. The summed E-state index contributed by atoms with van der Waals surface area (Å²) in [6.07, 6.45) is 0. The van der Waals surface area contributed by atoms with Crippen LogP contribution in [0.25, 0.3) is 5.57 Å². The fraction of sp³-hybridized carbons (Fsp3) is 0.133. The van der Waals surface area contributed by atoms with E-state index in [4.69, 9.17) is 4.74 Å². The molecule has 2 rings (SSSR count). The molecule has 9 nitrogen and oxygen atoms in total. The van der Waals surface area contributed by atoms with Crippen LogP contribution in [0.2, 0.25) is 0 Å². The molecular formula is C15H13N3O6S. The van der Waals surface area contributed by atoms with Gasteiger partial charge in [-0.05, 0) is 12.1 Å². The maximum Gasteiger partial charge on any atom is 0.345 e. The molecule has 0 saturated carbocycles. The Morgan fingerprint density at radius 2 is 2.12 bits per heavy atom. The van der Waals surface area contributed by atoms with Crippen molar-refractivity contribution in [2.45, 2.75) is 0 Å². The number of rotatable bonds is 8. The van der Waals surface area contributed by atoms with Gasteiger partial charge in [0, 0.05) is 11.9 Å². The zero-order valence-corrected chi connectivity index (χ0v) is 13.7. The number of carbonyl (C=O) groups is 2. The second-order valence-corrected chi connectivity index (χ2v) is 5.27. The number of nitrogens with one attached hydrogen (secondary N) is 1. The van der Waals surface area contributed by atoms with E-state index in [1.165, 1.54) is 23.5 Å². The van der Waals surface area contributed by atoms with Gasteiger partial charge in [-0.3, -0.25) is 4.79 Å². The largest absolute Gasteiger partial charge is 0.422 e. The highest BCUT2D eigenvalue weighted by atomic mass is 32.1. The zero-order chi connectivity index (χ0) is 18.2. The van der Waals surface area contributed by atoms with Crippen molar-refractivity contribution in [1.29, 1.82) is 0 Å². The summed E-state index contributed by atoms with van der Waals surface area (Å²) in [5.41, 5.74) is 2.12. The smallest absolute Gasteiger partial charge is 0.345 e. The minimum atomic E-state index is -0.952. The number of carbonyl (C=O) groups excluding carboxylic acids is 2. The van der Waals surface area contributed by atoms with Crippen molar-refractivity contribution in [3.63, 3.8) is 0 Å². The van der Waals surface area contributed by atoms with E-state index in [0.29, 0.717) is 5.69 Å². The van der Waals surface area contributed by atoms with Gasteiger partial charge in [0.1, 0.15) is 12.4 Å². The first-order valence-corrected chi connectivity index (χ1v) is 7.87. The predicted molar refractivity (Wildman–Crippen MR) is 88.5 cm³/mol. The molecular weight excluding hydrogens is 350 g/mol. The lowest BCUT2D eigenvalue weighted by molar-refractivity contribution is -0.757. The second kappa shape index (κ2) is 8.55. The van der Waals surface area contributed by atoms with Gasteiger partial charge in [0.25, 0.3) is 11.0 Å². The molecule has 0 unspecified atom stereocenters. The molecule has 1 amide bonds. The van der Waals surface area contributed by atoms with Crippen molar-refractivity contribution in [1.82, 2.24) is 10.3 Å². The first-order valence-electron chi connectivity index (χ1n) is 6.93. The average Bonchev–Trinajstić information content (AvgIpc) is 3.12. The highest BCUT2D eigenvalue weighted by Gasteiger charge is 2.18. The van der Waals surface area contributed by atoms with Gasteiger partial charge in [-0.25, -0.2) is 9.78 Å². The van der Waals surface area contributed by atoms with Gasteiger partial charge in [-0.1, -0.05) is 18.7 Å². The molecule has 0 aliphatic rings. The number of hydrogen-bond acceptors (Lipinski definition) is 8. The minimum absolute atomic E-state index is 0.0385. The Morgan fingerprint density at radius 3 is 2.80 bits per heavy atom. The highest BCUT2D eigenvalue weighted by molar-refractivity contribution is 7.07. The van der Waals surface area contributed by atoms with Crippen LogP contribution in [0.1, 0.15) is 16.1 Å². The zero-order valence-electron chi connectivity index (χ0n) is 12.8. The predicted octanol–water partition coefficient (Wildman–Crippen LogP) is 1.70. The highest BCUT2D eigenvalue weighted by Crippen LogP contribution is 2.21. The number of amides is 1. The normalized spacial score (nSPS) is 9.92. The first-order chi connectivity index (χ1) is 12.0. The van der Waals surface area contributed by atoms with E-state index in [0.717, 1.165) is 0 Å². The van der Waals surface area contributed by atoms with Gasteiger partial charge in [0.05, 0.1) is 22.3 Å². The second-order valence-electron chi connectivity index (χ2n) is 4.55. The van der Waals surface area contributed by atoms with Crippen LogP contribution in [0.3, 0.4) is 0 Å². The monoisotopic (exact) mass is 363 g/mol. The molecule has 0 saturated heterocycles. The molecule has 0 aliphatic heterocycles. The number of esters is 1. The van der Waals surface area contributed by atoms with Crippen LogP contribution in [0.15, 0.2) is 41.7 Å². The number of benzene rings is 1. The van der Waals surface area contributed by atoms with Crippen LogP contribution in [-0.2, 0) is 9.63 Å². The SMILES string of the molecule is C=C(C(=O)Oc1ccccc1C(=O)NCCO[N+](=O)[O-])c1cscn1. The fourth-order valence-electron chi connectivity index (χ4n) is 1.75. The van der Waals surface area contributed by atoms with Crippen molar-refractivity contribution in [3.05, 3.63) is 63.1 Å². The van der Waals surface area contributed by atoms with Crippen LogP contribution in [0, 0.1) is 10.1 Å². The van der Waals surface area contributed by atoms with E-state index in [1.54, 1.807) is 23.0 Å². The van der Waals surface area contributed by atoms with Crippen molar-refractivity contribution >= 4 is 28.8 Å². The maximum absolute atomic E-state index is 12.1. The molecule has 10 heteroatoms. The van der Waals surface area contributed by atoms with E-state index in [-0.39, 0.29) is 30.0 Å². The minimum Gasteiger partial charge on any atom is -0.422 e. The molecule has 1 aromatic heterocycles. The molecule has 0 fully saturated rings. The van der Waals surface area contributed by atoms with E-state index in [9.17, 15) is 19.7 Å². The quantitative estimate of drug-likeness (QED) is 0.189. The van der Waals surface area contributed by atoms with Gasteiger partial charge >= 0.3 is 5.97 Å². The Hall–Kier alpha value is -3.27. The van der Waals surface area contributed by atoms with Crippen molar-refractivity contribution < 1.29 is 24.3 Å². The summed E-state index contributed by atoms with van der Waals surface area (Å²) in [4.78, 5) is 42.4. The van der Waals surface area contributed by atoms with Gasteiger partial charge in [0.2, 0.25) is 0 Å². The third kappa shape index (κ3) is 5.11. The number of nitrogens with zero attached hydrogens (tertiary/aromatic N) is 2. The number of aromatic nitrogens is 1.